The van der Waals surface area contributed by atoms with Crippen molar-refractivity contribution < 1.29 is 14.3 Å². The minimum absolute atomic E-state index is 0.0535. The fraction of sp³-hybridized carbons (Fsp3) is 0.346. The number of rotatable bonds is 7. The molecule has 0 radical (unpaired) electrons. The van der Waals surface area contributed by atoms with E-state index in [9.17, 15) is 14.3 Å². The van der Waals surface area contributed by atoms with E-state index in [1.54, 1.807) is 0 Å². The average Bonchev–Trinajstić information content (AvgIpc) is 3.23. The lowest BCUT2D eigenvalue weighted by Gasteiger charge is -2.37. The van der Waals surface area contributed by atoms with Gasteiger partial charge in [-0.05, 0) is 41.7 Å². The third-order valence-corrected chi connectivity index (χ3v) is 6.53. The Labute approximate surface area is 197 Å². The Bertz CT molecular complexity index is 1230. The molecule has 0 spiro atoms. The van der Waals surface area contributed by atoms with Crippen molar-refractivity contribution in [2.24, 2.45) is 0 Å². The van der Waals surface area contributed by atoms with Crippen molar-refractivity contribution in [1.82, 2.24) is 20.1 Å². The molecule has 2 aliphatic heterocycles. The van der Waals surface area contributed by atoms with Gasteiger partial charge in [0.25, 0.3) is 5.91 Å². The van der Waals surface area contributed by atoms with Gasteiger partial charge in [-0.3, -0.25) is 4.79 Å². The third-order valence-electron chi connectivity index (χ3n) is 6.53. The van der Waals surface area contributed by atoms with Crippen LogP contribution in [0, 0.1) is 5.82 Å². The number of carbonyl (C=O) groups excluding carboxylic acids is 1. The van der Waals surface area contributed by atoms with Crippen LogP contribution in [0.15, 0.2) is 48.8 Å². The van der Waals surface area contributed by atoms with Crippen molar-refractivity contribution in [3.05, 3.63) is 82.7 Å². The largest absolute Gasteiger partial charge is 0.396 e. The van der Waals surface area contributed by atoms with E-state index in [0.29, 0.717) is 36.3 Å². The quantitative estimate of drug-likeness (QED) is 0.497. The van der Waals surface area contributed by atoms with Crippen LogP contribution < -0.4 is 10.6 Å². The fourth-order valence-electron chi connectivity index (χ4n) is 5.03. The molecule has 3 heterocycles. The lowest BCUT2D eigenvalue weighted by molar-refractivity contribution is 0.0958. The molecule has 0 aliphatic carbocycles. The number of carbonyl (C=O) groups is 1. The smallest absolute Gasteiger partial charge is 0.252 e. The van der Waals surface area contributed by atoms with Gasteiger partial charge in [-0.15, -0.1) is 0 Å². The summed E-state index contributed by atoms with van der Waals surface area (Å²) in [6.45, 7) is 3.08. The number of aliphatic hydroxyl groups is 1. The molecule has 2 aliphatic rings. The highest BCUT2D eigenvalue weighted by molar-refractivity contribution is 6.04. The van der Waals surface area contributed by atoms with Gasteiger partial charge in [-0.25, -0.2) is 14.1 Å². The first-order valence-corrected chi connectivity index (χ1v) is 11.8. The minimum atomic E-state index is -0.459. The molecule has 2 aromatic carbocycles. The molecule has 176 valence electrons. The molecule has 2 atom stereocenters. The fourth-order valence-corrected chi connectivity index (χ4v) is 5.03. The molecular weight excluding hydrogens is 433 g/mol. The van der Waals surface area contributed by atoms with Crippen LogP contribution in [-0.4, -0.2) is 38.9 Å². The number of aryl methyl sites for hydroxylation is 2. The number of amides is 1. The molecule has 7 nitrogen and oxygen atoms in total. The van der Waals surface area contributed by atoms with Crippen LogP contribution in [-0.2, 0) is 13.0 Å². The van der Waals surface area contributed by atoms with E-state index in [2.05, 4.69) is 51.9 Å². The minimum Gasteiger partial charge on any atom is -0.396 e. The zero-order chi connectivity index (χ0) is 23.7. The summed E-state index contributed by atoms with van der Waals surface area (Å²) in [4.78, 5) is 17.4. The Balaban J connectivity index is 1.69. The van der Waals surface area contributed by atoms with Gasteiger partial charge in [0, 0.05) is 30.9 Å². The maximum Gasteiger partial charge on any atom is 0.252 e. The van der Waals surface area contributed by atoms with Crippen LogP contribution in [0.4, 0.5) is 10.1 Å². The molecule has 0 bridgehead atoms. The SMILES string of the molecule is CCCc1ccc(C2Nc3cc(F)cc4c3C(=CCNC4=O)C2c2ncnn2CCCO)cc1. The summed E-state index contributed by atoms with van der Waals surface area (Å²) in [5.74, 6) is -0.279. The van der Waals surface area contributed by atoms with Gasteiger partial charge in [0.15, 0.2) is 0 Å². The normalized spacial score (nSPS) is 19.0. The molecule has 3 aromatic rings. The van der Waals surface area contributed by atoms with E-state index >= 15 is 0 Å². The molecular formula is C26H28FN5O2. The van der Waals surface area contributed by atoms with Gasteiger partial charge in [0.2, 0.25) is 0 Å². The van der Waals surface area contributed by atoms with E-state index in [0.717, 1.165) is 29.8 Å². The first-order chi connectivity index (χ1) is 16.6. The van der Waals surface area contributed by atoms with Crippen molar-refractivity contribution in [3.8, 4) is 0 Å². The predicted octanol–water partition coefficient (Wildman–Crippen LogP) is 3.83. The van der Waals surface area contributed by atoms with Crippen LogP contribution in [0.5, 0.6) is 0 Å². The Morgan fingerprint density at radius 1 is 1.24 bits per heavy atom. The highest BCUT2D eigenvalue weighted by Gasteiger charge is 2.40. The summed E-state index contributed by atoms with van der Waals surface area (Å²) in [6.07, 6.45) is 6.16. The maximum atomic E-state index is 14.6. The summed E-state index contributed by atoms with van der Waals surface area (Å²) in [5.41, 5.74) is 4.84. The van der Waals surface area contributed by atoms with Crippen LogP contribution in [0.25, 0.3) is 5.57 Å². The monoisotopic (exact) mass is 461 g/mol. The molecule has 34 heavy (non-hydrogen) atoms. The molecule has 0 fully saturated rings. The lowest BCUT2D eigenvalue weighted by atomic mass is 9.77. The van der Waals surface area contributed by atoms with Crippen LogP contribution >= 0.6 is 0 Å². The van der Waals surface area contributed by atoms with Crippen molar-refractivity contribution in [3.63, 3.8) is 0 Å². The molecule has 1 aromatic heterocycles. The van der Waals surface area contributed by atoms with Gasteiger partial charge >= 0.3 is 0 Å². The zero-order valence-electron chi connectivity index (χ0n) is 19.1. The van der Waals surface area contributed by atoms with Crippen molar-refractivity contribution in [2.45, 2.75) is 44.7 Å². The predicted molar refractivity (Wildman–Crippen MR) is 128 cm³/mol. The second-order valence-electron chi connectivity index (χ2n) is 8.76. The molecule has 2 unspecified atom stereocenters. The van der Waals surface area contributed by atoms with Crippen molar-refractivity contribution in [1.29, 1.82) is 0 Å². The number of nitrogens with one attached hydrogen (secondary N) is 2. The van der Waals surface area contributed by atoms with Gasteiger partial charge in [-0.1, -0.05) is 43.7 Å². The molecule has 1 amide bonds. The summed E-state index contributed by atoms with van der Waals surface area (Å²) in [6, 6.07) is 11.0. The number of hydrogen-bond donors (Lipinski definition) is 3. The Hall–Kier alpha value is -3.52. The number of aliphatic hydroxyl groups excluding tert-OH is 1. The van der Waals surface area contributed by atoms with E-state index in [-0.39, 0.29) is 24.5 Å². The Morgan fingerprint density at radius 2 is 2.06 bits per heavy atom. The number of halogens is 1. The van der Waals surface area contributed by atoms with E-state index in [1.165, 1.54) is 24.0 Å². The second kappa shape index (κ2) is 9.38. The summed E-state index contributed by atoms with van der Waals surface area (Å²) >= 11 is 0. The summed E-state index contributed by atoms with van der Waals surface area (Å²) in [7, 11) is 0. The number of nitrogens with zero attached hydrogens (tertiary/aromatic N) is 3. The topological polar surface area (TPSA) is 92.1 Å². The van der Waals surface area contributed by atoms with Crippen LogP contribution in [0.2, 0.25) is 0 Å². The maximum absolute atomic E-state index is 14.6. The summed E-state index contributed by atoms with van der Waals surface area (Å²) in [5, 5.41) is 20.2. The zero-order valence-corrected chi connectivity index (χ0v) is 19.1. The van der Waals surface area contributed by atoms with Gasteiger partial charge in [0.05, 0.1) is 17.5 Å². The molecule has 0 saturated heterocycles. The van der Waals surface area contributed by atoms with Gasteiger partial charge < -0.3 is 15.7 Å². The lowest BCUT2D eigenvalue weighted by Crippen LogP contribution is -2.30. The number of aromatic nitrogens is 3. The first-order valence-electron chi connectivity index (χ1n) is 11.8. The van der Waals surface area contributed by atoms with Gasteiger partial charge in [0.1, 0.15) is 18.0 Å². The first kappa shape index (κ1) is 22.3. The Kier molecular flexibility index (Phi) is 6.15. The molecule has 0 saturated carbocycles. The highest BCUT2D eigenvalue weighted by Crippen LogP contribution is 2.50. The van der Waals surface area contributed by atoms with E-state index in [1.807, 2.05) is 10.8 Å². The van der Waals surface area contributed by atoms with Crippen molar-refractivity contribution >= 4 is 17.2 Å². The average molecular weight is 462 g/mol. The third kappa shape index (κ3) is 3.98. The van der Waals surface area contributed by atoms with Gasteiger partial charge in [-0.2, -0.15) is 5.10 Å². The Morgan fingerprint density at radius 3 is 2.82 bits per heavy atom. The number of benzene rings is 2. The van der Waals surface area contributed by atoms with E-state index < -0.39 is 5.82 Å². The number of hydrogen-bond acceptors (Lipinski definition) is 5. The second-order valence-corrected chi connectivity index (χ2v) is 8.76. The van der Waals surface area contributed by atoms with E-state index in [4.69, 9.17) is 0 Å². The molecule has 8 heteroatoms. The summed E-state index contributed by atoms with van der Waals surface area (Å²) < 4.78 is 16.4. The molecule has 3 N–H and O–H groups in total. The number of anilines is 1. The van der Waals surface area contributed by atoms with Crippen LogP contribution in [0.3, 0.4) is 0 Å². The van der Waals surface area contributed by atoms with Crippen molar-refractivity contribution in [2.75, 3.05) is 18.5 Å². The molecule has 5 rings (SSSR count). The highest BCUT2D eigenvalue weighted by atomic mass is 19.1. The standard InChI is InChI=1S/C26H28FN5O2/c1-2-4-16-5-7-17(8-6-16)24-23(25-29-15-30-32(25)11-3-12-33)19-9-10-28-26(34)20-13-18(27)14-21(31-24)22(19)20/h5-9,13-15,23-24,31,33H,2-4,10-12H2,1H3,(H,28,34). The van der Waals surface area contributed by atoms with Crippen LogP contribution in [0.1, 0.15) is 64.6 Å².